The van der Waals surface area contributed by atoms with E-state index in [4.69, 9.17) is 0 Å². The molecule has 4 atom stereocenters. The lowest BCUT2D eigenvalue weighted by Gasteiger charge is -2.30. The molecule has 0 heteroatoms. The Kier molecular flexibility index (Phi) is 6.74. The zero-order chi connectivity index (χ0) is 13.5. The van der Waals surface area contributed by atoms with Crippen molar-refractivity contribution in [2.45, 2.75) is 97.3 Å². The van der Waals surface area contributed by atoms with E-state index in [1.165, 1.54) is 51.4 Å². The number of fused-ring (bicyclic) bond motifs is 1. The Morgan fingerprint density at radius 2 is 1.58 bits per heavy atom. The summed E-state index contributed by atoms with van der Waals surface area (Å²) in [6.07, 6.45) is 19.7. The topological polar surface area (TPSA) is 0 Å². The molecule has 2 saturated carbocycles. The van der Waals surface area contributed by atoms with Crippen LogP contribution < -0.4 is 0 Å². The minimum Gasteiger partial charge on any atom is -0.0654 e. The van der Waals surface area contributed by atoms with Crippen molar-refractivity contribution in [1.82, 2.24) is 0 Å². The second-order valence-corrected chi connectivity index (χ2v) is 7.36. The van der Waals surface area contributed by atoms with E-state index < -0.39 is 0 Å². The van der Waals surface area contributed by atoms with Gasteiger partial charge in [-0.2, -0.15) is 0 Å². The van der Waals surface area contributed by atoms with E-state index in [9.17, 15) is 0 Å². The third-order valence-corrected chi connectivity index (χ3v) is 6.05. The Balaban J connectivity index is 1.85. The van der Waals surface area contributed by atoms with Gasteiger partial charge in [0.05, 0.1) is 0 Å². The van der Waals surface area contributed by atoms with Gasteiger partial charge in [0.2, 0.25) is 0 Å². The zero-order valence-electron chi connectivity index (χ0n) is 13.5. The van der Waals surface area contributed by atoms with Crippen LogP contribution in [-0.4, -0.2) is 0 Å². The van der Waals surface area contributed by atoms with Gasteiger partial charge < -0.3 is 0 Å². The van der Waals surface area contributed by atoms with E-state index in [-0.39, 0.29) is 0 Å². The van der Waals surface area contributed by atoms with Crippen molar-refractivity contribution in [2.24, 2.45) is 23.7 Å². The Labute approximate surface area is 121 Å². The van der Waals surface area contributed by atoms with Crippen LogP contribution in [0, 0.1) is 23.7 Å². The van der Waals surface area contributed by atoms with Gasteiger partial charge in [0.1, 0.15) is 0 Å². The second kappa shape index (κ2) is 8.32. The first-order valence-corrected chi connectivity index (χ1v) is 9.36. The van der Waals surface area contributed by atoms with Crippen molar-refractivity contribution < 1.29 is 0 Å². The fraction of sp³-hybridized carbons (Fsp3) is 1.00. The van der Waals surface area contributed by atoms with Crippen LogP contribution in [0.5, 0.6) is 0 Å². The van der Waals surface area contributed by atoms with Crippen molar-refractivity contribution in [2.75, 3.05) is 0 Å². The Bertz CT molecular complexity index is 232. The second-order valence-electron chi connectivity index (χ2n) is 7.36. The highest BCUT2D eigenvalue weighted by molar-refractivity contribution is 4.92. The molecule has 0 radical (unpaired) electrons. The predicted molar refractivity (Wildman–Crippen MR) is 85.3 cm³/mol. The number of rotatable bonds is 8. The molecular weight excluding hydrogens is 228 g/mol. The van der Waals surface area contributed by atoms with Crippen molar-refractivity contribution in [3.63, 3.8) is 0 Å². The van der Waals surface area contributed by atoms with Gasteiger partial charge in [0.25, 0.3) is 0 Å². The van der Waals surface area contributed by atoms with Gasteiger partial charge in [-0.15, -0.1) is 0 Å². The molecule has 0 spiro atoms. The van der Waals surface area contributed by atoms with E-state index >= 15 is 0 Å². The SMILES string of the molecule is CCCCCCC1C(CCCC)CC2CCCCC21. The molecule has 0 aromatic carbocycles. The van der Waals surface area contributed by atoms with Crippen LogP contribution >= 0.6 is 0 Å². The summed E-state index contributed by atoms with van der Waals surface area (Å²) in [7, 11) is 0. The molecule has 2 rings (SSSR count). The Morgan fingerprint density at radius 3 is 2.37 bits per heavy atom. The first-order valence-electron chi connectivity index (χ1n) is 9.36. The summed E-state index contributed by atoms with van der Waals surface area (Å²) >= 11 is 0. The zero-order valence-corrected chi connectivity index (χ0v) is 13.5. The van der Waals surface area contributed by atoms with E-state index in [2.05, 4.69) is 13.8 Å². The molecule has 19 heavy (non-hydrogen) atoms. The van der Waals surface area contributed by atoms with Crippen molar-refractivity contribution in [3.8, 4) is 0 Å². The summed E-state index contributed by atoms with van der Waals surface area (Å²) in [5.41, 5.74) is 0. The maximum Gasteiger partial charge on any atom is -0.0355 e. The predicted octanol–water partition coefficient (Wildman–Crippen LogP) is 6.59. The van der Waals surface area contributed by atoms with E-state index in [0.717, 1.165) is 23.7 Å². The van der Waals surface area contributed by atoms with E-state index in [1.807, 2.05) is 0 Å². The van der Waals surface area contributed by atoms with Gasteiger partial charge in [0.15, 0.2) is 0 Å². The largest absolute Gasteiger partial charge is 0.0654 e. The summed E-state index contributed by atoms with van der Waals surface area (Å²) in [4.78, 5) is 0. The molecule has 0 nitrogen and oxygen atoms in total. The molecule has 0 aliphatic heterocycles. The summed E-state index contributed by atoms with van der Waals surface area (Å²) in [6.45, 7) is 4.69. The molecule has 0 bridgehead atoms. The van der Waals surface area contributed by atoms with Crippen molar-refractivity contribution in [1.29, 1.82) is 0 Å². The summed E-state index contributed by atoms with van der Waals surface area (Å²) in [5.74, 6) is 4.49. The van der Waals surface area contributed by atoms with Crippen LogP contribution in [0.1, 0.15) is 97.3 Å². The smallest absolute Gasteiger partial charge is 0.0355 e. The monoisotopic (exact) mass is 264 g/mol. The van der Waals surface area contributed by atoms with Gasteiger partial charge in [-0.05, 0) is 42.9 Å². The molecule has 0 amide bonds. The molecule has 2 fully saturated rings. The number of hydrogen-bond acceptors (Lipinski definition) is 0. The van der Waals surface area contributed by atoms with Gasteiger partial charge >= 0.3 is 0 Å². The summed E-state index contributed by atoms with van der Waals surface area (Å²) in [6, 6.07) is 0. The van der Waals surface area contributed by atoms with E-state index in [0.29, 0.717) is 0 Å². The lowest BCUT2D eigenvalue weighted by molar-refractivity contribution is 0.201. The maximum absolute atomic E-state index is 2.36. The molecule has 2 aliphatic rings. The molecule has 112 valence electrons. The quantitative estimate of drug-likeness (QED) is 0.434. The molecule has 4 unspecified atom stereocenters. The molecule has 0 N–H and O–H groups in total. The average Bonchev–Trinajstić information content (AvgIpc) is 2.79. The van der Waals surface area contributed by atoms with Gasteiger partial charge in [-0.1, -0.05) is 78.1 Å². The van der Waals surface area contributed by atoms with Crippen LogP contribution in [0.4, 0.5) is 0 Å². The van der Waals surface area contributed by atoms with E-state index in [1.54, 1.807) is 32.1 Å². The van der Waals surface area contributed by atoms with Crippen LogP contribution in [0.2, 0.25) is 0 Å². The number of hydrogen-bond donors (Lipinski definition) is 0. The highest BCUT2D eigenvalue weighted by Gasteiger charge is 2.42. The van der Waals surface area contributed by atoms with Gasteiger partial charge in [0, 0.05) is 0 Å². The van der Waals surface area contributed by atoms with Crippen LogP contribution in [0.25, 0.3) is 0 Å². The minimum absolute atomic E-state index is 1.11. The standard InChI is InChI=1S/C19H36/c1-3-5-7-8-13-18-16(11-6-4-2)15-17-12-9-10-14-19(17)18/h16-19H,3-15H2,1-2H3. The Hall–Kier alpha value is 0. The highest BCUT2D eigenvalue weighted by Crippen LogP contribution is 2.52. The maximum atomic E-state index is 2.36. The molecule has 0 aromatic heterocycles. The molecule has 0 aromatic rings. The van der Waals surface area contributed by atoms with Crippen molar-refractivity contribution >= 4 is 0 Å². The van der Waals surface area contributed by atoms with Gasteiger partial charge in [-0.3, -0.25) is 0 Å². The summed E-state index contributed by atoms with van der Waals surface area (Å²) < 4.78 is 0. The molecule has 2 aliphatic carbocycles. The lowest BCUT2D eigenvalue weighted by Crippen LogP contribution is -2.21. The van der Waals surface area contributed by atoms with Crippen molar-refractivity contribution in [3.05, 3.63) is 0 Å². The fourth-order valence-electron chi connectivity index (χ4n) is 5.06. The molecule has 0 saturated heterocycles. The third kappa shape index (κ3) is 4.23. The Morgan fingerprint density at radius 1 is 0.789 bits per heavy atom. The first-order chi connectivity index (χ1) is 9.36. The van der Waals surface area contributed by atoms with Gasteiger partial charge in [-0.25, -0.2) is 0 Å². The minimum atomic E-state index is 1.11. The van der Waals surface area contributed by atoms with Crippen LogP contribution in [-0.2, 0) is 0 Å². The third-order valence-electron chi connectivity index (χ3n) is 6.05. The first kappa shape index (κ1) is 15.4. The average molecular weight is 264 g/mol. The fourth-order valence-corrected chi connectivity index (χ4v) is 5.06. The van der Waals surface area contributed by atoms with Crippen LogP contribution in [0.15, 0.2) is 0 Å². The molecule has 0 heterocycles. The normalized spacial score (nSPS) is 34.4. The molecular formula is C19H36. The lowest BCUT2D eigenvalue weighted by atomic mass is 9.75. The number of unbranched alkanes of at least 4 members (excludes halogenated alkanes) is 4. The highest BCUT2D eigenvalue weighted by atomic mass is 14.5. The summed E-state index contributed by atoms with van der Waals surface area (Å²) in [5, 5.41) is 0. The van der Waals surface area contributed by atoms with Crippen LogP contribution in [0.3, 0.4) is 0 Å².